The summed E-state index contributed by atoms with van der Waals surface area (Å²) in [5.74, 6) is -1.79. The molecule has 1 saturated carbocycles. The Balaban J connectivity index is 1.37. The first-order valence-electron chi connectivity index (χ1n) is 14.1. The van der Waals surface area contributed by atoms with Gasteiger partial charge in [-0.15, -0.1) is 0 Å². The van der Waals surface area contributed by atoms with Gasteiger partial charge in [0.1, 0.15) is 11.2 Å². The van der Waals surface area contributed by atoms with Crippen LogP contribution in [0.25, 0.3) is 11.3 Å². The number of fused-ring (bicyclic) bond motifs is 3. The fourth-order valence-corrected chi connectivity index (χ4v) is 7.45. The summed E-state index contributed by atoms with van der Waals surface area (Å²) in [5, 5.41) is 34.9. The van der Waals surface area contributed by atoms with Crippen molar-refractivity contribution in [2.75, 3.05) is 6.61 Å². The van der Waals surface area contributed by atoms with E-state index < -0.39 is 51.7 Å². The Labute approximate surface area is 245 Å². The number of esters is 1. The van der Waals surface area contributed by atoms with Crippen LogP contribution < -0.4 is 0 Å². The number of ether oxygens (including phenoxy) is 1. The number of hydrogen-bond acceptors (Lipinski definition) is 8. The number of aliphatic hydroxyl groups excluding tert-OH is 1. The molecular formula is C32H38ClNO7. The predicted octanol–water partition coefficient (Wildman–Crippen LogP) is 4.84. The fourth-order valence-electron chi connectivity index (χ4n) is 7.33. The van der Waals surface area contributed by atoms with Gasteiger partial charge < -0.3 is 24.5 Å². The van der Waals surface area contributed by atoms with Gasteiger partial charge in [0.25, 0.3) is 0 Å². The number of aliphatic hydroxyl groups is 3. The monoisotopic (exact) mass is 583 g/mol. The van der Waals surface area contributed by atoms with Crippen LogP contribution in [-0.4, -0.2) is 55.5 Å². The standard InChI is InChI=1S/C32H38ClNO7/c1-18-12-25-31(38,28(18)37)15-20(17-35)13-24-29(3,4)30(5,14-19(2)32(24,25)39)41-27(36)11-10-26-34-16-23(40-26)21-6-8-22(33)9-7-21/h6-9,12-13,16,19,24-25,35,38-39H,10-11,14-15,17H2,1-5H3/t19-,24+,25-,30-,31-,32-/m1/s1. The molecule has 3 aliphatic rings. The summed E-state index contributed by atoms with van der Waals surface area (Å²) < 4.78 is 12.0. The van der Waals surface area contributed by atoms with Gasteiger partial charge in [0.2, 0.25) is 0 Å². The van der Waals surface area contributed by atoms with E-state index in [1.807, 2.05) is 39.8 Å². The third kappa shape index (κ3) is 4.69. The first-order valence-corrected chi connectivity index (χ1v) is 14.4. The van der Waals surface area contributed by atoms with Crippen LogP contribution in [0.4, 0.5) is 0 Å². The zero-order valence-electron chi connectivity index (χ0n) is 24.1. The maximum Gasteiger partial charge on any atom is 0.306 e. The molecule has 6 atom stereocenters. The van der Waals surface area contributed by atoms with E-state index >= 15 is 0 Å². The van der Waals surface area contributed by atoms with E-state index in [9.17, 15) is 24.9 Å². The lowest BCUT2D eigenvalue weighted by molar-refractivity contribution is -0.245. The number of ketones is 1. The summed E-state index contributed by atoms with van der Waals surface area (Å²) in [5.41, 5.74) is -3.46. The molecule has 0 amide bonds. The molecule has 2 aromatic rings. The molecular weight excluding hydrogens is 546 g/mol. The summed E-state index contributed by atoms with van der Waals surface area (Å²) in [6.07, 6.45) is 5.63. The number of aryl methyl sites for hydroxylation is 1. The van der Waals surface area contributed by atoms with Crippen molar-refractivity contribution in [3.05, 3.63) is 64.7 Å². The molecule has 0 radical (unpaired) electrons. The molecule has 1 aromatic carbocycles. The van der Waals surface area contributed by atoms with Crippen LogP contribution in [0.1, 0.15) is 59.8 Å². The molecule has 5 rings (SSSR count). The Morgan fingerprint density at radius 3 is 2.49 bits per heavy atom. The van der Waals surface area contributed by atoms with Crippen LogP contribution in [0.3, 0.4) is 0 Å². The molecule has 1 heterocycles. The van der Waals surface area contributed by atoms with Gasteiger partial charge in [-0.1, -0.05) is 44.5 Å². The van der Waals surface area contributed by atoms with E-state index in [2.05, 4.69) is 4.98 Å². The number of aromatic nitrogens is 1. The normalized spacial score (nSPS) is 34.3. The number of Topliss-reactive ketones (excluding diaryl/α,β-unsaturated/α-hetero) is 1. The molecule has 0 aliphatic heterocycles. The van der Waals surface area contributed by atoms with Gasteiger partial charge in [-0.2, -0.15) is 0 Å². The van der Waals surface area contributed by atoms with E-state index in [1.165, 1.54) is 0 Å². The highest BCUT2D eigenvalue weighted by Gasteiger charge is 2.69. The SMILES string of the molecule is CC1=C[C@H]2[C@@]3(O)[C@H](C)C[C@@](C)(OC(=O)CCc4ncc(-c5ccc(Cl)cc5)o4)C(C)(C)[C@@H]3C=C(CO)C[C@]2(O)C1=O. The highest BCUT2D eigenvalue weighted by atomic mass is 35.5. The summed E-state index contributed by atoms with van der Waals surface area (Å²) >= 11 is 5.97. The van der Waals surface area contributed by atoms with E-state index in [0.717, 1.165) is 5.56 Å². The first kappa shape index (κ1) is 29.7. The Morgan fingerprint density at radius 1 is 1.15 bits per heavy atom. The minimum atomic E-state index is -1.84. The summed E-state index contributed by atoms with van der Waals surface area (Å²) in [4.78, 5) is 30.6. The lowest BCUT2D eigenvalue weighted by atomic mass is 9.48. The van der Waals surface area contributed by atoms with E-state index in [0.29, 0.717) is 34.2 Å². The second-order valence-corrected chi connectivity index (χ2v) is 13.2. The molecule has 8 nitrogen and oxygen atoms in total. The quantitative estimate of drug-likeness (QED) is 0.325. The molecule has 3 aliphatic carbocycles. The molecule has 1 aromatic heterocycles. The maximum atomic E-state index is 13.2. The van der Waals surface area contributed by atoms with Crippen molar-refractivity contribution in [1.29, 1.82) is 0 Å². The number of carbonyl (C=O) groups is 2. The van der Waals surface area contributed by atoms with Crippen molar-refractivity contribution in [3.8, 4) is 11.3 Å². The lowest BCUT2D eigenvalue weighted by Crippen LogP contribution is -2.68. The molecule has 3 N–H and O–H groups in total. The lowest BCUT2D eigenvalue weighted by Gasteiger charge is -2.61. The summed E-state index contributed by atoms with van der Waals surface area (Å²) in [7, 11) is 0. The van der Waals surface area contributed by atoms with Crippen molar-refractivity contribution in [1.82, 2.24) is 4.98 Å². The smallest absolute Gasteiger partial charge is 0.306 e. The van der Waals surface area contributed by atoms with Gasteiger partial charge in [0.15, 0.2) is 17.4 Å². The Bertz CT molecular complexity index is 1430. The Hall–Kier alpha value is -2.78. The van der Waals surface area contributed by atoms with E-state index in [4.69, 9.17) is 20.8 Å². The number of benzene rings is 1. The molecule has 41 heavy (non-hydrogen) atoms. The molecule has 0 bridgehead atoms. The van der Waals surface area contributed by atoms with Crippen molar-refractivity contribution in [2.45, 2.75) is 77.1 Å². The molecule has 9 heteroatoms. The van der Waals surface area contributed by atoms with Crippen LogP contribution >= 0.6 is 11.6 Å². The van der Waals surface area contributed by atoms with Gasteiger partial charge in [-0.05, 0) is 61.6 Å². The number of hydrogen-bond donors (Lipinski definition) is 3. The van der Waals surface area contributed by atoms with Crippen LogP contribution in [0.5, 0.6) is 0 Å². The summed E-state index contributed by atoms with van der Waals surface area (Å²) in [6, 6.07) is 7.19. The predicted molar refractivity (Wildman–Crippen MR) is 153 cm³/mol. The van der Waals surface area contributed by atoms with Gasteiger partial charge in [0.05, 0.1) is 24.8 Å². The number of rotatable bonds is 6. The van der Waals surface area contributed by atoms with Crippen molar-refractivity contribution in [3.63, 3.8) is 0 Å². The molecule has 0 unspecified atom stereocenters. The van der Waals surface area contributed by atoms with Gasteiger partial charge in [-0.3, -0.25) is 9.59 Å². The van der Waals surface area contributed by atoms with Crippen LogP contribution in [0, 0.1) is 23.2 Å². The minimum Gasteiger partial charge on any atom is -0.459 e. The van der Waals surface area contributed by atoms with Crippen LogP contribution in [0.15, 0.2) is 58.2 Å². The fraction of sp³-hybridized carbons (Fsp3) is 0.531. The number of oxazole rings is 1. The van der Waals surface area contributed by atoms with Gasteiger partial charge in [0, 0.05) is 40.7 Å². The zero-order chi connectivity index (χ0) is 30.0. The van der Waals surface area contributed by atoms with Crippen molar-refractivity contribution < 1.29 is 34.1 Å². The molecule has 220 valence electrons. The highest BCUT2D eigenvalue weighted by Crippen LogP contribution is 2.63. The molecule has 0 spiro atoms. The average Bonchev–Trinajstić information content (AvgIpc) is 3.45. The topological polar surface area (TPSA) is 130 Å². The Morgan fingerprint density at radius 2 is 1.83 bits per heavy atom. The second kappa shape index (κ2) is 10.2. The van der Waals surface area contributed by atoms with Crippen molar-refractivity contribution >= 4 is 23.4 Å². The number of carbonyl (C=O) groups excluding carboxylic acids is 2. The first-order chi connectivity index (χ1) is 19.2. The molecule has 1 fully saturated rings. The van der Waals surface area contributed by atoms with Crippen molar-refractivity contribution in [2.24, 2.45) is 23.2 Å². The average molecular weight is 584 g/mol. The highest BCUT2D eigenvalue weighted by molar-refractivity contribution is 6.30. The van der Waals surface area contributed by atoms with E-state index in [1.54, 1.807) is 37.4 Å². The van der Waals surface area contributed by atoms with Crippen LogP contribution in [-0.2, 0) is 20.7 Å². The van der Waals surface area contributed by atoms with Crippen LogP contribution in [0.2, 0.25) is 5.02 Å². The number of nitrogens with zero attached hydrogens (tertiary/aromatic N) is 1. The zero-order valence-corrected chi connectivity index (χ0v) is 24.9. The third-order valence-corrected chi connectivity index (χ3v) is 10.2. The second-order valence-electron chi connectivity index (χ2n) is 12.8. The van der Waals surface area contributed by atoms with E-state index in [-0.39, 0.29) is 25.9 Å². The number of halogens is 1. The third-order valence-electron chi connectivity index (χ3n) is 9.97. The minimum absolute atomic E-state index is 0.0477. The van der Waals surface area contributed by atoms with Gasteiger partial charge >= 0.3 is 5.97 Å². The largest absolute Gasteiger partial charge is 0.459 e. The maximum absolute atomic E-state index is 13.2. The Kier molecular flexibility index (Phi) is 7.38. The van der Waals surface area contributed by atoms with Gasteiger partial charge in [-0.25, -0.2) is 4.98 Å². The summed E-state index contributed by atoms with van der Waals surface area (Å²) in [6.45, 7) is 8.88. The molecule has 0 saturated heterocycles.